The molecule has 10 nitrogen and oxygen atoms in total. The van der Waals surface area contributed by atoms with Gasteiger partial charge in [-0.15, -0.1) is 10.1 Å². The molecule has 29 heavy (non-hydrogen) atoms. The second kappa shape index (κ2) is 12.3. The van der Waals surface area contributed by atoms with Gasteiger partial charge in [0.25, 0.3) is 5.09 Å². The van der Waals surface area contributed by atoms with Crippen molar-refractivity contribution in [3.05, 3.63) is 32.9 Å². The topological polar surface area (TPSA) is 134 Å². The van der Waals surface area contributed by atoms with Gasteiger partial charge in [0.15, 0.2) is 0 Å². The summed E-state index contributed by atoms with van der Waals surface area (Å²) in [5.74, 6) is 0.972. The number of aliphatic hydroxyl groups is 1. The van der Waals surface area contributed by atoms with Crippen molar-refractivity contribution in [2.45, 2.75) is 33.8 Å². The first-order chi connectivity index (χ1) is 13.6. The maximum Gasteiger partial charge on any atom is 0.294 e. The number of aryl methyl sites for hydroxylation is 1. The number of amides is 1. The summed E-state index contributed by atoms with van der Waals surface area (Å²) in [6.45, 7) is 7.93. The minimum atomic E-state index is -0.869. The van der Waals surface area contributed by atoms with Crippen molar-refractivity contribution >= 4 is 17.9 Å². The summed E-state index contributed by atoms with van der Waals surface area (Å²) >= 11 is 1.15. The van der Waals surface area contributed by atoms with Crippen LogP contribution >= 0.6 is 11.9 Å². The summed E-state index contributed by atoms with van der Waals surface area (Å²) in [6, 6.07) is 1.74. The number of nitrogens with one attached hydrogen (secondary N) is 1. The summed E-state index contributed by atoms with van der Waals surface area (Å²) in [4.78, 5) is 25.9. The van der Waals surface area contributed by atoms with E-state index in [1.807, 2.05) is 13.8 Å². The van der Waals surface area contributed by atoms with Crippen molar-refractivity contribution < 1.29 is 29.7 Å². The highest BCUT2D eigenvalue weighted by molar-refractivity contribution is 7.97. The number of nitrogens with zero attached hydrogens (tertiary/aromatic N) is 2. The molecule has 0 bridgehead atoms. The SMILES string of the molecule is CC(=O)N(CCNCC(O)COc1cc(C)c(O)c(C)c1C)SCCO[N+](=O)[O-]. The lowest BCUT2D eigenvalue weighted by molar-refractivity contribution is -0.756. The van der Waals surface area contributed by atoms with Crippen LogP contribution in [0.5, 0.6) is 11.5 Å². The largest absolute Gasteiger partial charge is 0.507 e. The lowest BCUT2D eigenvalue weighted by Crippen LogP contribution is -2.36. The molecular formula is C18H29N3O7S. The predicted octanol–water partition coefficient (Wildman–Crippen LogP) is 1.35. The van der Waals surface area contributed by atoms with Crippen molar-refractivity contribution in [1.82, 2.24) is 9.62 Å². The van der Waals surface area contributed by atoms with Gasteiger partial charge in [0.2, 0.25) is 5.91 Å². The Hall–Kier alpha value is -2.24. The van der Waals surface area contributed by atoms with Gasteiger partial charge < -0.3 is 25.1 Å². The number of hydrogen-bond acceptors (Lipinski definition) is 9. The van der Waals surface area contributed by atoms with Gasteiger partial charge in [0, 0.05) is 32.3 Å². The van der Waals surface area contributed by atoms with Crippen LogP contribution in [0.1, 0.15) is 23.6 Å². The molecule has 0 heterocycles. The molecule has 1 rings (SSSR count). The zero-order valence-corrected chi connectivity index (χ0v) is 18.0. The number of benzene rings is 1. The Morgan fingerprint density at radius 1 is 1.38 bits per heavy atom. The number of phenolic OH excluding ortho intramolecular Hbond substituents is 1. The number of aliphatic hydroxyl groups excluding tert-OH is 1. The molecule has 1 aromatic rings. The van der Waals surface area contributed by atoms with E-state index in [4.69, 9.17) is 4.74 Å². The van der Waals surface area contributed by atoms with Crippen LogP contribution in [0.25, 0.3) is 0 Å². The minimum Gasteiger partial charge on any atom is -0.507 e. The van der Waals surface area contributed by atoms with E-state index in [9.17, 15) is 25.1 Å². The van der Waals surface area contributed by atoms with Gasteiger partial charge in [-0.2, -0.15) is 0 Å². The first kappa shape index (κ1) is 24.8. The molecule has 0 aromatic heterocycles. The van der Waals surface area contributed by atoms with E-state index in [0.29, 0.717) is 24.4 Å². The Labute approximate surface area is 174 Å². The Kier molecular flexibility index (Phi) is 10.6. The van der Waals surface area contributed by atoms with E-state index in [0.717, 1.165) is 23.1 Å². The molecule has 1 aromatic carbocycles. The summed E-state index contributed by atoms with van der Waals surface area (Å²) < 4.78 is 7.15. The van der Waals surface area contributed by atoms with Crippen molar-refractivity contribution in [2.75, 3.05) is 38.6 Å². The Bertz CT molecular complexity index is 703. The van der Waals surface area contributed by atoms with Crippen molar-refractivity contribution in [1.29, 1.82) is 0 Å². The van der Waals surface area contributed by atoms with Gasteiger partial charge in [-0.25, -0.2) is 0 Å². The molecule has 0 aliphatic rings. The molecule has 0 radical (unpaired) electrons. The molecule has 0 aliphatic carbocycles. The molecule has 11 heteroatoms. The molecule has 0 saturated heterocycles. The number of carbonyl (C=O) groups is 1. The molecular weight excluding hydrogens is 402 g/mol. The maximum absolute atomic E-state index is 11.6. The number of carbonyl (C=O) groups excluding carboxylic acids is 1. The third kappa shape index (κ3) is 8.75. The Morgan fingerprint density at radius 3 is 2.69 bits per heavy atom. The van der Waals surface area contributed by atoms with Crippen LogP contribution in [0.3, 0.4) is 0 Å². The fourth-order valence-corrected chi connectivity index (χ4v) is 3.22. The monoisotopic (exact) mass is 431 g/mol. The number of ether oxygens (including phenoxy) is 1. The van der Waals surface area contributed by atoms with Gasteiger partial charge in [-0.1, -0.05) is 0 Å². The fourth-order valence-electron chi connectivity index (χ4n) is 2.45. The van der Waals surface area contributed by atoms with Gasteiger partial charge in [0.05, 0.1) is 0 Å². The summed E-state index contributed by atoms with van der Waals surface area (Å²) in [5, 5.41) is 32.3. The first-order valence-electron chi connectivity index (χ1n) is 9.13. The van der Waals surface area contributed by atoms with Crippen LogP contribution in [0.15, 0.2) is 6.07 Å². The number of hydrogen-bond donors (Lipinski definition) is 3. The van der Waals surface area contributed by atoms with Crippen molar-refractivity contribution in [2.24, 2.45) is 0 Å². The Morgan fingerprint density at radius 2 is 2.07 bits per heavy atom. The van der Waals surface area contributed by atoms with Crippen LogP contribution in [0.4, 0.5) is 0 Å². The smallest absolute Gasteiger partial charge is 0.294 e. The third-order valence-corrected chi connectivity index (χ3v) is 5.29. The van der Waals surface area contributed by atoms with Crippen molar-refractivity contribution in [3.63, 3.8) is 0 Å². The highest BCUT2D eigenvalue weighted by Gasteiger charge is 2.13. The minimum absolute atomic E-state index is 0.0842. The lowest BCUT2D eigenvalue weighted by atomic mass is 10.0. The van der Waals surface area contributed by atoms with E-state index in [-0.39, 0.29) is 37.2 Å². The molecule has 1 atom stereocenters. The second-order valence-corrected chi connectivity index (χ2v) is 7.58. The highest BCUT2D eigenvalue weighted by Crippen LogP contribution is 2.31. The number of aromatic hydroxyl groups is 1. The van der Waals surface area contributed by atoms with Gasteiger partial charge in [-0.3, -0.25) is 9.10 Å². The van der Waals surface area contributed by atoms with E-state index in [2.05, 4.69) is 10.2 Å². The van der Waals surface area contributed by atoms with Crippen LogP contribution < -0.4 is 10.1 Å². The highest BCUT2D eigenvalue weighted by atomic mass is 32.2. The van der Waals surface area contributed by atoms with Gasteiger partial charge >= 0.3 is 0 Å². The summed E-state index contributed by atoms with van der Waals surface area (Å²) in [5.41, 5.74) is 2.28. The van der Waals surface area contributed by atoms with E-state index in [1.165, 1.54) is 11.2 Å². The quantitative estimate of drug-likeness (QED) is 0.183. The van der Waals surface area contributed by atoms with E-state index in [1.54, 1.807) is 13.0 Å². The number of phenols is 1. The van der Waals surface area contributed by atoms with Crippen molar-refractivity contribution in [3.8, 4) is 11.5 Å². The average molecular weight is 432 g/mol. The second-order valence-electron chi connectivity index (χ2n) is 6.47. The fraction of sp³-hybridized carbons (Fsp3) is 0.611. The summed E-state index contributed by atoms with van der Waals surface area (Å²) in [7, 11) is 0. The molecule has 0 aliphatic heterocycles. The molecule has 3 N–H and O–H groups in total. The molecule has 0 spiro atoms. The molecule has 0 saturated carbocycles. The van der Waals surface area contributed by atoms with E-state index >= 15 is 0 Å². The average Bonchev–Trinajstić information content (AvgIpc) is 2.66. The molecule has 164 valence electrons. The Balaban J connectivity index is 2.33. The summed E-state index contributed by atoms with van der Waals surface area (Å²) in [6.07, 6.45) is -0.754. The number of rotatable bonds is 13. The zero-order chi connectivity index (χ0) is 22.0. The van der Waals surface area contributed by atoms with Gasteiger partial charge in [0.1, 0.15) is 30.8 Å². The molecule has 1 unspecified atom stereocenters. The van der Waals surface area contributed by atoms with Gasteiger partial charge in [-0.05, 0) is 55.5 Å². The normalized spacial score (nSPS) is 11.8. The van der Waals surface area contributed by atoms with Crippen LogP contribution in [-0.2, 0) is 9.63 Å². The van der Waals surface area contributed by atoms with E-state index < -0.39 is 11.2 Å². The van der Waals surface area contributed by atoms with Crippen LogP contribution in [-0.4, -0.2) is 70.2 Å². The standard InChI is InChI=1S/C18H29N3O7S/c1-12-9-17(13(2)14(3)18(12)24)27-11-16(23)10-19-5-6-20(15(4)22)29-8-7-28-21(25)26/h9,16,19,23-24H,5-8,10-11H2,1-4H3. The predicted molar refractivity (Wildman–Crippen MR) is 109 cm³/mol. The molecule has 0 fully saturated rings. The zero-order valence-electron chi connectivity index (χ0n) is 17.1. The maximum atomic E-state index is 11.6. The van der Waals surface area contributed by atoms with Crippen LogP contribution in [0.2, 0.25) is 0 Å². The lowest BCUT2D eigenvalue weighted by Gasteiger charge is -2.20. The van der Waals surface area contributed by atoms with Crippen LogP contribution in [0, 0.1) is 30.9 Å². The third-order valence-electron chi connectivity index (χ3n) is 4.19. The molecule has 1 amide bonds. The first-order valence-corrected chi connectivity index (χ1v) is 10.1.